The maximum absolute atomic E-state index is 12.0. The van der Waals surface area contributed by atoms with Crippen LogP contribution in [-0.4, -0.2) is 10.8 Å². The van der Waals surface area contributed by atoms with E-state index in [4.69, 9.17) is 27.6 Å². The summed E-state index contributed by atoms with van der Waals surface area (Å²) in [6.45, 7) is 0. The van der Waals surface area contributed by atoms with Crippen molar-refractivity contribution >= 4 is 46.6 Å². The number of nitrogens with zero attached hydrogens (tertiary/aromatic N) is 1. The van der Waals surface area contributed by atoms with E-state index in [2.05, 4.69) is 5.32 Å². The van der Waals surface area contributed by atoms with Crippen molar-refractivity contribution < 1.29 is 14.1 Å². The number of anilines is 1. The normalized spacial score (nSPS) is 10.9. The molecule has 6 nitrogen and oxygen atoms in total. The predicted octanol–water partition coefficient (Wildman–Crippen LogP) is 5.81. The van der Waals surface area contributed by atoms with Crippen LogP contribution < -0.4 is 5.32 Å². The van der Waals surface area contributed by atoms with E-state index in [1.54, 1.807) is 30.3 Å². The van der Waals surface area contributed by atoms with Gasteiger partial charge in [-0.1, -0.05) is 23.2 Å². The Morgan fingerprint density at radius 2 is 1.70 bits per heavy atom. The highest BCUT2D eigenvalue weighted by atomic mass is 35.5. The number of hydrogen-bond acceptors (Lipinski definition) is 4. The number of rotatable bonds is 5. The summed E-state index contributed by atoms with van der Waals surface area (Å²) in [5.74, 6) is 0.641. The van der Waals surface area contributed by atoms with E-state index in [0.717, 1.165) is 5.56 Å². The summed E-state index contributed by atoms with van der Waals surface area (Å²) >= 11 is 12.0. The first kappa shape index (κ1) is 18.7. The first-order valence-electron chi connectivity index (χ1n) is 7.70. The molecule has 1 amide bonds. The van der Waals surface area contributed by atoms with E-state index in [-0.39, 0.29) is 5.69 Å². The average Bonchev–Trinajstić information content (AvgIpc) is 3.09. The van der Waals surface area contributed by atoms with Gasteiger partial charge in [0.25, 0.3) is 5.69 Å². The second kappa shape index (κ2) is 8.07. The molecule has 1 N–H and O–H groups in total. The predicted molar refractivity (Wildman–Crippen MR) is 105 cm³/mol. The van der Waals surface area contributed by atoms with Gasteiger partial charge in [0.2, 0.25) is 5.91 Å². The molecule has 0 saturated carbocycles. The van der Waals surface area contributed by atoms with E-state index in [1.807, 2.05) is 0 Å². The van der Waals surface area contributed by atoms with Gasteiger partial charge in [-0.25, -0.2) is 0 Å². The zero-order chi connectivity index (χ0) is 19.4. The molecule has 0 spiro atoms. The molecule has 0 aliphatic heterocycles. The lowest BCUT2D eigenvalue weighted by atomic mass is 10.2. The van der Waals surface area contributed by atoms with E-state index in [1.165, 1.54) is 36.4 Å². The summed E-state index contributed by atoms with van der Waals surface area (Å²) in [5.41, 5.74) is 1.12. The molecule has 27 heavy (non-hydrogen) atoms. The molecule has 0 aliphatic rings. The van der Waals surface area contributed by atoms with Gasteiger partial charge in [-0.3, -0.25) is 14.9 Å². The number of non-ortho nitro benzene ring substituents is 1. The SMILES string of the molecule is O=C(/C=C/c1ccc(-c2cc(Cl)cc(Cl)c2)o1)Nc1ccc([N+](=O)[O-])cc1. The summed E-state index contributed by atoms with van der Waals surface area (Å²) in [5, 5.41) is 14.2. The minimum atomic E-state index is -0.507. The fourth-order valence-electron chi connectivity index (χ4n) is 2.30. The molecule has 136 valence electrons. The average molecular weight is 403 g/mol. The number of nitro benzene ring substituents is 1. The van der Waals surface area contributed by atoms with Crippen LogP contribution in [0.15, 0.2) is 65.1 Å². The lowest BCUT2D eigenvalue weighted by Crippen LogP contribution is -2.07. The second-order valence-electron chi connectivity index (χ2n) is 5.49. The van der Waals surface area contributed by atoms with Gasteiger partial charge in [-0.05, 0) is 48.5 Å². The third kappa shape index (κ3) is 4.97. The van der Waals surface area contributed by atoms with Gasteiger partial charge in [-0.2, -0.15) is 0 Å². The van der Waals surface area contributed by atoms with Crippen molar-refractivity contribution in [2.75, 3.05) is 5.32 Å². The summed E-state index contributed by atoms with van der Waals surface area (Å²) in [7, 11) is 0. The number of benzene rings is 2. The first-order chi connectivity index (χ1) is 12.9. The van der Waals surface area contributed by atoms with Gasteiger partial charge in [0.05, 0.1) is 4.92 Å². The molecule has 0 bridgehead atoms. The number of furan rings is 1. The van der Waals surface area contributed by atoms with Crippen LogP contribution in [0, 0.1) is 10.1 Å². The van der Waals surface area contributed by atoms with Gasteiger partial charge in [0.1, 0.15) is 11.5 Å². The van der Waals surface area contributed by atoms with Crippen LogP contribution >= 0.6 is 23.2 Å². The molecule has 0 unspecified atom stereocenters. The molecule has 0 fully saturated rings. The summed E-state index contributed by atoms with van der Waals surface area (Å²) < 4.78 is 5.66. The molecule has 3 aromatic rings. The third-order valence-electron chi connectivity index (χ3n) is 3.52. The second-order valence-corrected chi connectivity index (χ2v) is 6.36. The zero-order valence-electron chi connectivity index (χ0n) is 13.7. The molecule has 0 saturated heterocycles. The van der Waals surface area contributed by atoms with Crippen molar-refractivity contribution in [3.63, 3.8) is 0 Å². The van der Waals surface area contributed by atoms with Crippen LogP contribution in [0.2, 0.25) is 10.0 Å². The molecule has 1 aromatic heterocycles. The summed E-state index contributed by atoms with van der Waals surface area (Å²) in [4.78, 5) is 22.1. The minimum absolute atomic E-state index is 0.0484. The first-order valence-corrected chi connectivity index (χ1v) is 8.46. The molecule has 3 rings (SSSR count). The lowest BCUT2D eigenvalue weighted by Gasteiger charge is -2.01. The number of hydrogen-bond donors (Lipinski definition) is 1. The number of halogens is 2. The van der Waals surface area contributed by atoms with Gasteiger partial charge < -0.3 is 9.73 Å². The van der Waals surface area contributed by atoms with E-state index in [0.29, 0.717) is 27.3 Å². The quantitative estimate of drug-likeness (QED) is 0.331. The van der Waals surface area contributed by atoms with Crippen LogP contribution in [0.1, 0.15) is 5.76 Å². The fraction of sp³-hybridized carbons (Fsp3) is 0. The summed E-state index contributed by atoms with van der Waals surface area (Å²) in [6, 6.07) is 14.1. The Kier molecular flexibility index (Phi) is 5.59. The fourth-order valence-corrected chi connectivity index (χ4v) is 2.83. The Bertz CT molecular complexity index is 1010. The Balaban J connectivity index is 1.66. The molecule has 0 aliphatic carbocycles. The standard InChI is InChI=1S/C19H12Cl2N2O4/c20-13-9-12(10-14(21)11-13)18-7-5-17(27-18)6-8-19(24)22-15-1-3-16(4-2-15)23(25)26/h1-11H,(H,22,24)/b8-6+. The van der Waals surface area contributed by atoms with Crippen LogP contribution in [0.25, 0.3) is 17.4 Å². The smallest absolute Gasteiger partial charge is 0.269 e. The molecular formula is C19H12Cl2N2O4. The van der Waals surface area contributed by atoms with Crippen molar-refractivity contribution in [3.8, 4) is 11.3 Å². The van der Waals surface area contributed by atoms with Crippen LogP contribution in [0.5, 0.6) is 0 Å². The van der Waals surface area contributed by atoms with Crippen LogP contribution in [0.3, 0.4) is 0 Å². The summed E-state index contributed by atoms with van der Waals surface area (Å²) in [6.07, 6.45) is 2.81. The number of carbonyl (C=O) groups excluding carboxylic acids is 1. The van der Waals surface area contributed by atoms with Crippen molar-refractivity contribution in [3.05, 3.63) is 86.6 Å². The molecule has 8 heteroatoms. The largest absolute Gasteiger partial charge is 0.457 e. The Hall–Kier alpha value is -3.09. The Morgan fingerprint density at radius 1 is 1.04 bits per heavy atom. The molecule has 1 heterocycles. The minimum Gasteiger partial charge on any atom is -0.457 e. The topological polar surface area (TPSA) is 85.4 Å². The molecule has 0 radical (unpaired) electrons. The van der Waals surface area contributed by atoms with Crippen molar-refractivity contribution in [2.45, 2.75) is 0 Å². The van der Waals surface area contributed by atoms with E-state index >= 15 is 0 Å². The highest BCUT2D eigenvalue weighted by Gasteiger charge is 2.07. The number of carbonyl (C=O) groups is 1. The molecule has 2 aromatic carbocycles. The monoisotopic (exact) mass is 402 g/mol. The van der Waals surface area contributed by atoms with E-state index in [9.17, 15) is 14.9 Å². The zero-order valence-corrected chi connectivity index (χ0v) is 15.2. The van der Waals surface area contributed by atoms with Crippen molar-refractivity contribution in [2.24, 2.45) is 0 Å². The number of nitrogens with one attached hydrogen (secondary N) is 1. The third-order valence-corrected chi connectivity index (χ3v) is 3.95. The Morgan fingerprint density at radius 3 is 2.33 bits per heavy atom. The van der Waals surface area contributed by atoms with Crippen molar-refractivity contribution in [1.82, 2.24) is 0 Å². The number of nitro groups is 1. The van der Waals surface area contributed by atoms with Gasteiger partial charge in [0.15, 0.2) is 0 Å². The van der Waals surface area contributed by atoms with Gasteiger partial charge in [0, 0.05) is 39.5 Å². The van der Waals surface area contributed by atoms with Gasteiger partial charge in [-0.15, -0.1) is 0 Å². The van der Waals surface area contributed by atoms with E-state index < -0.39 is 10.8 Å². The maximum atomic E-state index is 12.0. The lowest BCUT2D eigenvalue weighted by molar-refractivity contribution is -0.384. The van der Waals surface area contributed by atoms with Crippen LogP contribution in [0.4, 0.5) is 11.4 Å². The highest BCUT2D eigenvalue weighted by Crippen LogP contribution is 2.29. The Labute approximate surface area is 164 Å². The van der Waals surface area contributed by atoms with Gasteiger partial charge >= 0.3 is 0 Å². The molecular weight excluding hydrogens is 391 g/mol. The highest BCUT2D eigenvalue weighted by molar-refractivity contribution is 6.35. The molecule has 0 atom stereocenters. The van der Waals surface area contributed by atoms with Crippen molar-refractivity contribution in [1.29, 1.82) is 0 Å². The number of amides is 1. The maximum Gasteiger partial charge on any atom is 0.269 e. The van der Waals surface area contributed by atoms with Crippen LogP contribution in [-0.2, 0) is 4.79 Å².